The van der Waals surface area contributed by atoms with E-state index in [1.54, 1.807) is 0 Å². The van der Waals surface area contributed by atoms with Gasteiger partial charge in [-0.15, -0.1) is 0 Å². The average molecular weight is 425 g/mol. The molecule has 150 valence electrons. The van der Waals surface area contributed by atoms with Gasteiger partial charge in [-0.2, -0.15) is 5.10 Å². The van der Waals surface area contributed by atoms with Gasteiger partial charge >= 0.3 is 0 Å². The number of sulfonamides is 1. The summed E-state index contributed by atoms with van der Waals surface area (Å²) in [7, 11) is -4.01. The van der Waals surface area contributed by atoms with Crippen molar-refractivity contribution >= 4 is 44.4 Å². The molecule has 28 heavy (non-hydrogen) atoms. The Hall–Kier alpha value is -2.65. The quantitative estimate of drug-likeness (QED) is 0.356. The standard InChI is InChI=1S/C18H21ClN4O4S/c1-4-16(12(2)3)20-21-17-10-9-15(11-18(17)23(24)25)28(26,27)22-14-7-5-13(19)6-8-14/h5-12,21-22H,4H2,1-3H3. The molecule has 2 aromatic carbocycles. The van der Waals surface area contributed by atoms with Crippen LogP contribution in [0.4, 0.5) is 17.1 Å². The van der Waals surface area contributed by atoms with Crippen molar-refractivity contribution in [3.05, 3.63) is 57.6 Å². The topological polar surface area (TPSA) is 114 Å². The molecular weight excluding hydrogens is 404 g/mol. The van der Waals surface area contributed by atoms with Crippen LogP contribution in [0.25, 0.3) is 0 Å². The van der Waals surface area contributed by atoms with E-state index < -0.39 is 14.9 Å². The first-order chi connectivity index (χ1) is 13.1. The lowest BCUT2D eigenvalue weighted by molar-refractivity contribution is -0.384. The third-order valence-corrected chi connectivity index (χ3v) is 5.55. The van der Waals surface area contributed by atoms with Gasteiger partial charge in [0.25, 0.3) is 15.7 Å². The number of hydrogen-bond acceptors (Lipinski definition) is 6. The summed E-state index contributed by atoms with van der Waals surface area (Å²) in [5.74, 6) is 0.180. The number of benzene rings is 2. The van der Waals surface area contributed by atoms with E-state index in [9.17, 15) is 18.5 Å². The number of nitrogens with one attached hydrogen (secondary N) is 2. The van der Waals surface area contributed by atoms with Crippen LogP contribution in [0, 0.1) is 16.0 Å². The molecular formula is C18H21ClN4O4S. The van der Waals surface area contributed by atoms with Crippen molar-refractivity contribution in [2.24, 2.45) is 11.0 Å². The first-order valence-corrected chi connectivity index (χ1v) is 10.4. The first-order valence-electron chi connectivity index (χ1n) is 8.53. The number of halogens is 1. The maximum Gasteiger partial charge on any atom is 0.295 e. The molecule has 0 heterocycles. The molecule has 0 amide bonds. The van der Waals surface area contributed by atoms with Crippen molar-refractivity contribution in [1.29, 1.82) is 0 Å². The lowest BCUT2D eigenvalue weighted by Crippen LogP contribution is -2.13. The molecule has 10 heteroatoms. The number of nitro benzene ring substituents is 1. The molecule has 0 aliphatic rings. The maximum atomic E-state index is 12.6. The van der Waals surface area contributed by atoms with Crippen molar-refractivity contribution in [3.63, 3.8) is 0 Å². The number of rotatable bonds is 8. The lowest BCUT2D eigenvalue weighted by atomic mass is 10.1. The lowest BCUT2D eigenvalue weighted by Gasteiger charge is -2.11. The Morgan fingerprint density at radius 2 is 1.86 bits per heavy atom. The molecule has 0 radical (unpaired) electrons. The van der Waals surface area contributed by atoms with Crippen molar-refractivity contribution in [1.82, 2.24) is 0 Å². The Balaban J connectivity index is 2.35. The SMILES string of the molecule is CCC(=NNc1ccc(S(=O)(=O)Nc2ccc(Cl)cc2)cc1[N+](=O)[O-])C(C)C. The maximum absolute atomic E-state index is 12.6. The van der Waals surface area contributed by atoms with Crippen molar-refractivity contribution in [2.75, 3.05) is 10.1 Å². The van der Waals surface area contributed by atoms with Crippen LogP contribution in [-0.2, 0) is 10.0 Å². The highest BCUT2D eigenvalue weighted by molar-refractivity contribution is 7.92. The van der Waals surface area contributed by atoms with Crippen LogP contribution < -0.4 is 10.1 Å². The Morgan fingerprint density at radius 3 is 2.39 bits per heavy atom. The smallest absolute Gasteiger partial charge is 0.280 e. The van der Waals surface area contributed by atoms with Gasteiger partial charge in [-0.25, -0.2) is 8.42 Å². The van der Waals surface area contributed by atoms with Gasteiger partial charge in [-0.05, 0) is 48.7 Å². The zero-order chi connectivity index (χ0) is 20.9. The summed E-state index contributed by atoms with van der Waals surface area (Å²) in [6.45, 7) is 5.88. The number of nitrogens with zero attached hydrogens (tertiary/aromatic N) is 2. The van der Waals surface area contributed by atoms with Gasteiger partial charge in [0.1, 0.15) is 5.69 Å². The Bertz CT molecular complexity index is 989. The molecule has 0 fully saturated rings. The van der Waals surface area contributed by atoms with Crippen molar-refractivity contribution < 1.29 is 13.3 Å². The third-order valence-electron chi connectivity index (χ3n) is 3.92. The summed E-state index contributed by atoms with van der Waals surface area (Å²) in [4.78, 5) is 10.5. The average Bonchev–Trinajstić information content (AvgIpc) is 2.63. The number of nitro groups is 1. The summed E-state index contributed by atoms with van der Waals surface area (Å²) in [5, 5.41) is 16.1. The van der Waals surface area contributed by atoms with Crippen LogP contribution in [0.3, 0.4) is 0 Å². The summed E-state index contributed by atoms with van der Waals surface area (Å²) in [6, 6.07) is 9.67. The zero-order valence-electron chi connectivity index (χ0n) is 15.6. The second-order valence-corrected chi connectivity index (χ2v) is 8.39. The third kappa shape index (κ3) is 5.43. The van der Waals surface area contributed by atoms with Crippen LogP contribution >= 0.6 is 11.6 Å². The molecule has 0 aliphatic heterocycles. The van der Waals surface area contributed by atoms with Crippen molar-refractivity contribution in [3.8, 4) is 0 Å². The molecule has 0 aliphatic carbocycles. The molecule has 0 saturated carbocycles. The number of anilines is 2. The van der Waals surface area contributed by atoms with E-state index in [0.717, 1.165) is 11.8 Å². The minimum absolute atomic E-state index is 0.113. The van der Waals surface area contributed by atoms with Crippen LogP contribution in [-0.4, -0.2) is 19.1 Å². The van der Waals surface area contributed by atoms with Crippen molar-refractivity contribution in [2.45, 2.75) is 32.1 Å². The highest BCUT2D eigenvalue weighted by Gasteiger charge is 2.22. The molecule has 2 N–H and O–H groups in total. The van der Waals surface area contributed by atoms with E-state index in [4.69, 9.17) is 11.6 Å². The Labute approximate surface area is 168 Å². The van der Waals surface area contributed by atoms with E-state index in [1.807, 2.05) is 20.8 Å². The summed E-state index contributed by atoms with van der Waals surface area (Å²) in [5.41, 5.74) is 3.54. The predicted molar refractivity (Wildman–Crippen MR) is 112 cm³/mol. The fourth-order valence-electron chi connectivity index (χ4n) is 2.40. The molecule has 0 aromatic heterocycles. The number of hydrazone groups is 1. The van der Waals surface area contributed by atoms with Gasteiger partial charge in [-0.1, -0.05) is 32.4 Å². The second-order valence-electron chi connectivity index (χ2n) is 6.27. The van der Waals surface area contributed by atoms with Gasteiger partial charge in [0.05, 0.1) is 9.82 Å². The van der Waals surface area contributed by atoms with Gasteiger partial charge in [-0.3, -0.25) is 20.3 Å². The van der Waals surface area contributed by atoms with Crippen LogP contribution in [0.1, 0.15) is 27.2 Å². The molecule has 0 saturated heterocycles. The van der Waals surface area contributed by atoms with Gasteiger partial charge < -0.3 is 0 Å². The van der Waals surface area contributed by atoms with Gasteiger partial charge in [0.15, 0.2) is 0 Å². The van der Waals surface area contributed by atoms with E-state index in [2.05, 4.69) is 15.2 Å². The van der Waals surface area contributed by atoms with E-state index >= 15 is 0 Å². The predicted octanol–water partition coefficient (Wildman–Crippen LogP) is 4.88. The molecule has 2 aromatic rings. The monoisotopic (exact) mass is 424 g/mol. The second kappa shape index (κ2) is 9.03. The molecule has 0 atom stereocenters. The number of hydrogen-bond donors (Lipinski definition) is 2. The fourth-order valence-corrected chi connectivity index (χ4v) is 3.61. The molecule has 0 unspecified atom stereocenters. The van der Waals surface area contributed by atoms with Gasteiger partial charge in [0, 0.05) is 22.5 Å². The van der Waals surface area contributed by atoms with E-state index in [0.29, 0.717) is 17.1 Å². The minimum Gasteiger partial charge on any atom is -0.280 e. The zero-order valence-corrected chi connectivity index (χ0v) is 17.2. The largest absolute Gasteiger partial charge is 0.295 e. The summed E-state index contributed by atoms with van der Waals surface area (Å²) >= 11 is 5.79. The molecule has 2 rings (SSSR count). The normalized spacial score (nSPS) is 12.1. The van der Waals surface area contributed by atoms with Crippen LogP contribution in [0.2, 0.25) is 5.02 Å². The van der Waals surface area contributed by atoms with E-state index in [-0.39, 0.29) is 22.2 Å². The highest BCUT2D eigenvalue weighted by Crippen LogP contribution is 2.29. The fraction of sp³-hybridized carbons (Fsp3) is 0.278. The first kappa shape index (κ1) is 21.6. The van der Waals surface area contributed by atoms with Crippen LogP contribution in [0.5, 0.6) is 0 Å². The minimum atomic E-state index is -4.01. The van der Waals surface area contributed by atoms with Gasteiger partial charge in [0.2, 0.25) is 0 Å². The summed E-state index contributed by atoms with van der Waals surface area (Å²) < 4.78 is 27.5. The molecule has 0 spiro atoms. The molecule has 8 nitrogen and oxygen atoms in total. The highest BCUT2D eigenvalue weighted by atomic mass is 35.5. The van der Waals surface area contributed by atoms with E-state index in [1.165, 1.54) is 36.4 Å². The van der Waals surface area contributed by atoms with Crippen LogP contribution in [0.15, 0.2) is 52.5 Å². The molecule has 0 bridgehead atoms. The summed E-state index contributed by atoms with van der Waals surface area (Å²) in [6.07, 6.45) is 0.690. The Morgan fingerprint density at radius 1 is 1.21 bits per heavy atom. The Kier molecular flexibility index (Phi) is 6.98.